The normalized spacial score (nSPS) is 34.4. The van der Waals surface area contributed by atoms with E-state index in [2.05, 4.69) is 36.1 Å². The van der Waals surface area contributed by atoms with Crippen molar-refractivity contribution in [3.63, 3.8) is 0 Å². The Morgan fingerprint density at radius 1 is 1.35 bits per heavy atom. The molecule has 2 saturated heterocycles. The number of amides is 1. The van der Waals surface area contributed by atoms with Crippen molar-refractivity contribution in [3.05, 3.63) is 0 Å². The summed E-state index contributed by atoms with van der Waals surface area (Å²) in [6, 6.07) is 0.549. The third-order valence-electron chi connectivity index (χ3n) is 4.13. The van der Waals surface area contributed by atoms with Gasteiger partial charge in [-0.3, -0.25) is 4.79 Å². The Balaban J connectivity index is 1.88. The number of likely N-dealkylation sites (N-methyl/N-ethyl adjacent to an activating group) is 1. The summed E-state index contributed by atoms with van der Waals surface area (Å²) in [7, 11) is 4.20. The third kappa shape index (κ3) is 2.99. The minimum absolute atomic E-state index is 0.208. The van der Waals surface area contributed by atoms with E-state index in [9.17, 15) is 4.79 Å². The second-order valence-electron chi connectivity index (χ2n) is 5.89. The topological polar surface area (TPSA) is 35.6 Å². The van der Waals surface area contributed by atoms with Gasteiger partial charge in [0.15, 0.2) is 0 Å². The summed E-state index contributed by atoms with van der Waals surface area (Å²) in [6.45, 7) is 6.00. The lowest BCUT2D eigenvalue weighted by Gasteiger charge is -2.30. The highest BCUT2D eigenvalue weighted by atomic mass is 16.2. The van der Waals surface area contributed by atoms with E-state index < -0.39 is 0 Å². The fourth-order valence-electron chi connectivity index (χ4n) is 2.97. The van der Waals surface area contributed by atoms with Crippen molar-refractivity contribution in [2.45, 2.75) is 25.8 Å². The molecule has 1 N–H and O–H groups in total. The second-order valence-corrected chi connectivity index (χ2v) is 5.89. The van der Waals surface area contributed by atoms with Gasteiger partial charge in [0.05, 0.1) is 5.92 Å². The molecule has 0 aromatic heterocycles. The Morgan fingerprint density at radius 3 is 2.71 bits per heavy atom. The molecule has 0 bridgehead atoms. The lowest BCUT2D eigenvalue weighted by molar-refractivity contribution is -0.135. The predicted octanol–water partition coefficient (Wildman–Crippen LogP) is 0.395. The number of piperidine rings is 1. The van der Waals surface area contributed by atoms with Crippen LogP contribution in [0.2, 0.25) is 0 Å². The van der Waals surface area contributed by atoms with Crippen LogP contribution in [0.25, 0.3) is 0 Å². The molecule has 0 spiro atoms. The van der Waals surface area contributed by atoms with Gasteiger partial charge >= 0.3 is 0 Å². The van der Waals surface area contributed by atoms with E-state index in [1.165, 1.54) is 0 Å². The maximum atomic E-state index is 12.4. The molecule has 2 aliphatic rings. The van der Waals surface area contributed by atoms with E-state index in [-0.39, 0.29) is 5.92 Å². The first-order valence-corrected chi connectivity index (χ1v) is 6.74. The fraction of sp³-hybridized carbons (Fsp3) is 0.923. The molecule has 0 aliphatic carbocycles. The molecule has 0 aromatic rings. The van der Waals surface area contributed by atoms with Crippen LogP contribution in [0.5, 0.6) is 0 Å². The molecular weight excluding hydrogens is 214 g/mol. The molecule has 2 heterocycles. The predicted molar refractivity (Wildman–Crippen MR) is 68.8 cm³/mol. The van der Waals surface area contributed by atoms with E-state index in [4.69, 9.17) is 0 Å². The molecule has 4 heteroatoms. The zero-order valence-corrected chi connectivity index (χ0v) is 11.3. The molecule has 3 atom stereocenters. The lowest BCUT2D eigenvalue weighted by atomic mass is 9.91. The molecule has 0 saturated carbocycles. The molecular formula is C13H25N3O. The van der Waals surface area contributed by atoms with Gasteiger partial charge in [-0.25, -0.2) is 0 Å². The van der Waals surface area contributed by atoms with Gasteiger partial charge in [-0.2, -0.15) is 0 Å². The SMILES string of the molecule is CC1CNCC(C(=O)N2CCC(N(C)C)C2)C1. The van der Waals surface area contributed by atoms with E-state index in [1.54, 1.807) is 0 Å². The van der Waals surface area contributed by atoms with Crippen molar-refractivity contribution in [2.75, 3.05) is 40.3 Å². The maximum Gasteiger partial charge on any atom is 0.227 e. The van der Waals surface area contributed by atoms with E-state index in [1.807, 2.05) is 0 Å². The number of rotatable bonds is 2. The number of nitrogens with zero attached hydrogens (tertiary/aromatic N) is 2. The van der Waals surface area contributed by atoms with Crippen LogP contribution in [0.1, 0.15) is 19.8 Å². The van der Waals surface area contributed by atoms with Crippen LogP contribution >= 0.6 is 0 Å². The van der Waals surface area contributed by atoms with Gasteiger partial charge in [0, 0.05) is 25.7 Å². The van der Waals surface area contributed by atoms with Crippen LogP contribution in [0.4, 0.5) is 0 Å². The van der Waals surface area contributed by atoms with Gasteiger partial charge in [0.25, 0.3) is 0 Å². The van der Waals surface area contributed by atoms with Crippen LogP contribution in [0, 0.1) is 11.8 Å². The highest BCUT2D eigenvalue weighted by Crippen LogP contribution is 2.21. The first-order valence-electron chi connectivity index (χ1n) is 6.74. The number of carbonyl (C=O) groups is 1. The fourth-order valence-corrected chi connectivity index (χ4v) is 2.97. The van der Waals surface area contributed by atoms with Gasteiger partial charge in [-0.15, -0.1) is 0 Å². The molecule has 2 aliphatic heterocycles. The monoisotopic (exact) mass is 239 g/mol. The summed E-state index contributed by atoms with van der Waals surface area (Å²) in [5.41, 5.74) is 0. The van der Waals surface area contributed by atoms with E-state index in [0.29, 0.717) is 17.9 Å². The van der Waals surface area contributed by atoms with Gasteiger partial charge < -0.3 is 15.1 Å². The van der Waals surface area contributed by atoms with Crippen molar-refractivity contribution in [1.29, 1.82) is 0 Å². The zero-order chi connectivity index (χ0) is 12.4. The van der Waals surface area contributed by atoms with Crippen molar-refractivity contribution >= 4 is 5.91 Å². The highest BCUT2D eigenvalue weighted by Gasteiger charge is 2.33. The van der Waals surface area contributed by atoms with Crippen LogP contribution in [-0.2, 0) is 4.79 Å². The molecule has 0 radical (unpaired) electrons. The van der Waals surface area contributed by atoms with Crippen molar-refractivity contribution in [3.8, 4) is 0 Å². The van der Waals surface area contributed by atoms with Crippen molar-refractivity contribution in [1.82, 2.24) is 15.1 Å². The molecule has 98 valence electrons. The van der Waals surface area contributed by atoms with E-state index >= 15 is 0 Å². The smallest absolute Gasteiger partial charge is 0.227 e. The number of hydrogen-bond acceptors (Lipinski definition) is 3. The van der Waals surface area contributed by atoms with Crippen LogP contribution in [0.15, 0.2) is 0 Å². The lowest BCUT2D eigenvalue weighted by Crippen LogP contribution is -2.45. The quantitative estimate of drug-likeness (QED) is 0.757. The standard InChI is InChI=1S/C13H25N3O/c1-10-6-11(8-14-7-10)13(17)16-5-4-12(9-16)15(2)3/h10-12,14H,4-9H2,1-3H3. The average molecular weight is 239 g/mol. The highest BCUT2D eigenvalue weighted by molar-refractivity contribution is 5.79. The first kappa shape index (κ1) is 12.8. The Kier molecular flexibility index (Phi) is 4.05. The second kappa shape index (κ2) is 5.36. The molecule has 2 fully saturated rings. The van der Waals surface area contributed by atoms with Gasteiger partial charge in [-0.05, 0) is 39.4 Å². The Bertz CT molecular complexity index is 280. The Morgan fingerprint density at radius 2 is 2.12 bits per heavy atom. The molecule has 2 rings (SSSR count). The third-order valence-corrected chi connectivity index (χ3v) is 4.13. The average Bonchev–Trinajstić information content (AvgIpc) is 2.77. The van der Waals surface area contributed by atoms with Crippen molar-refractivity contribution < 1.29 is 4.79 Å². The van der Waals surface area contributed by atoms with Gasteiger partial charge in [-0.1, -0.05) is 6.92 Å². The van der Waals surface area contributed by atoms with Crippen molar-refractivity contribution in [2.24, 2.45) is 11.8 Å². The first-order chi connectivity index (χ1) is 8.08. The minimum Gasteiger partial charge on any atom is -0.341 e. The number of hydrogen-bond donors (Lipinski definition) is 1. The summed E-state index contributed by atoms with van der Waals surface area (Å²) < 4.78 is 0. The summed E-state index contributed by atoms with van der Waals surface area (Å²) in [5, 5.41) is 3.37. The number of nitrogens with one attached hydrogen (secondary N) is 1. The molecule has 17 heavy (non-hydrogen) atoms. The molecule has 0 aromatic carbocycles. The summed E-state index contributed by atoms with van der Waals surface area (Å²) in [6.07, 6.45) is 2.17. The Hall–Kier alpha value is -0.610. The van der Waals surface area contributed by atoms with Crippen LogP contribution in [-0.4, -0.2) is 62.0 Å². The van der Waals surface area contributed by atoms with E-state index in [0.717, 1.165) is 39.0 Å². The molecule has 3 unspecified atom stereocenters. The van der Waals surface area contributed by atoms with Gasteiger partial charge in [0.2, 0.25) is 5.91 Å². The van der Waals surface area contributed by atoms with Crippen LogP contribution < -0.4 is 5.32 Å². The summed E-state index contributed by atoms with van der Waals surface area (Å²) >= 11 is 0. The number of likely N-dealkylation sites (tertiary alicyclic amines) is 1. The summed E-state index contributed by atoms with van der Waals surface area (Å²) in [5.74, 6) is 1.21. The Labute approximate surface area is 104 Å². The number of carbonyl (C=O) groups excluding carboxylic acids is 1. The largest absolute Gasteiger partial charge is 0.341 e. The maximum absolute atomic E-state index is 12.4. The summed E-state index contributed by atoms with van der Waals surface area (Å²) in [4.78, 5) is 16.7. The zero-order valence-electron chi connectivity index (χ0n) is 11.3. The molecule has 4 nitrogen and oxygen atoms in total. The van der Waals surface area contributed by atoms with Gasteiger partial charge in [0.1, 0.15) is 0 Å². The van der Waals surface area contributed by atoms with Crippen LogP contribution in [0.3, 0.4) is 0 Å². The minimum atomic E-state index is 0.208. The molecule has 1 amide bonds.